The highest BCUT2D eigenvalue weighted by Gasteiger charge is 2.25. The maximum absolute atomic E-state index is 11.0. The van der Waals surface area contributed by atoms with E-state index >= 15 is 0 Å². The Morgan fingerprint density at radius 2 is 1.50 bits per heavy atom. The van der Waals surface area contributed by atoms with Gasteiger partial charge in [-0.2, -0.15) is 0 Å². The lowest BCUT2D eigenvalue weighted by atomic mass is 10.0. The summed E-state index contributed by atoms with van der Waals surface area (Å²) in [6.45, 7) is 0. The highest BCUT2D eigenvalue weighted by atomic mass is 16.6. The molecule has 1 heterocycles. The fourth-order valence-electron chi connectivity index (χ4n) is 1.95. The number of hydrazine groups is 2. The highest BCUT2D eigenvalue weighted by molar-refractivity contribution is 5.49. The molecular formula is C10H10N3O-. The molecule has 14 heavy (non-hydrogen) atoms. The minimum atomic E-state index is 0.0717. The standard InChI is InChI=1S/C10H10N3O/c14-13-11-9-5-7-3-1-2-4-8(7)6-10(9)12-13/h1-6,9-12H/q-1. The third kappa shape index (κ3) is 1.17. The van der Waals surface area contributed by atoms with Gasteiger partial charge in [0.2, 0.25) is 0 Å². The zero-order chi connectivity index (χ0) is 9.54. The van der Waals surface area contributed by atoms with Crippen molar-refractivity contribution in [2.45, 2.75) is 12.1 Å². The van der Waals surface area contributed by atoms with Crippen LogP contribution in [0.4, 0.5) is 0 Å². The molecule has 4 heteroatoms. The van der Waals surface area contributed by atoms with Gasteiger partial charge >= 0.3 is 0 Å². The van der Waals surface area contributed by atoms with E-state index in [1.807, 2.05) is 12.1 Å². The Kier molecular flexibility index (Phi) is 1.68. The van der Waals surface area contributed by atoms with Gasteiger partial charge in [-0.05, 0) is 10.4 Å². The average molecular weight is 188 g/mol. The Morgan fingerprint density at radius 3 is 2.00 bits per heavy atom. The molecule has 2 unspecified atom stereocenters. The van der Waals surface area contributed by atoms with Gasteiger partial charge in [0.05, 0.1) is 12.1 Å². The Morgan fingerprint density at radius 1 is 1.00 bits per heavy atom. The molecule has 1 aliphatic carbocycles. The van der Waals surface area contributed by atoms with Gasteiger partial charge in [-0.25, -0.2) is 10.9 Å². The number of benzene rings is 1. The number of hydrogen-bond acceptors (Lipinski definition) is 4. The summed E-state index contributed by atoms with van der Waals surface area (Å²) in [5.74, 6) is 0. The molecule has 1 saturated heterocycles. The third-order valence-corrected chi connectivity index (χ3v) is 2.63. The van der Waals surface area contributed by atoms with Gasteiger partial charge in [-0.15, -0.1) is 0 Å². The molecule has 2 atom stereocenters. The first-order chi connectivity index (χ1) is 6.83. The van der Waals surface area contributed by atoms with Crippen LogP contribution in [0.2, 0.25) is 0 Å². The van der Waals surface area contributed by atoms with Crippen molar-refractivity contribution >= 4 is 12.2 Å². The van der Waals surface area contributed by atoms with Gasteiger partial charge < -0.3 is 5.21 Å². The summed E-state index contributed by atoms with van der Waals surface area (Å²) in [5.41, 5.74) is 5.55. The number of nitrogens with one attached hydrogen (secondary N) is 2. The van der Waals surface area contributed by atoms with Crippen LogP contribution in [0.3, 0.4) is 0 Å². The highest BCUT2D eigenvalue weighted by Crippen LogP contribution is 2.07. The lowest BCUT2D eigenvalue weighted by Gasteiger charge is -2.20. The fraction of sp³-hybridized carbons (Fsp3) is 0.200. The number of nitrogens with zero attached hydrogens (tertiary/aromatic N) is 1. The Hall–Kier alpha value is -1.20. The number of rotatable bonds is 0. The van der Waals surface area contributed by atoms with Gasteiger partial charge in [-0.1, -0.05) is 36.4 Å². The van der Waals surface area contributed by atoms with Crippen molar-refractivity contribution in [3.63, 3.8) is 0 Å². The predicted molar refractivity (Wildman–Crippen MR) is 53.7 cm³/mol. The van der Waals surface area contributed by atoms with Crippen LogP contribution in [-0.4, -0.2) is 17.4 Å². The molecule has 1 fully saturated rings. The van der Waals surface area contributed by atoms with Gasteiger partial charge in [0, 0.05) is 0 Å². The summed E-state index contributed by atoms with van der Waals surface area (Å²) < 4.78 is 0. The predicted octanol–water partition coefficient (Wildman–Crippen LogP) is -1.18. The van der Waals surface area contributed by atoms with Crippen molar-refractivity contribution in [3.05, 3.63) is 39.9 Å². The SMILES string of the molecule is [O-]N1NC2C=c3ccccc3=CC2N1. The summed E-state index contributed by atoms with van der Waals surface area (Å²) in [4.78, 5) is 0. The molecule has 1 aliphatic heterocycles. The molecule has 2 N–H and O–H groups in total. The summed E-state index contributed by atoms with van der Waals surface area (Å²) >= 11 is 0. The molecule has 0 bridgehead atoms. The van der Waals surface area contributed by atoms with Gasteiger partial charge in [-0.3, -0.25) is 5.28 Å². The van der Waals surface area contributed by atoms with Crippen LogP contribution < -0.4 is 21.3 Å². The molecule has 0 radical (unpaired) electrons. The van der Waals surface area contributed by atoms with E-state index in [2.05, 4.69) is 35.1 Å². The molecule has 0 amide bonds. The topological polar surface area (TPSA) is 50.4 Å². The molecule has 72 valence electrons. The molecule has 0 aromatic heterocycles. The second-order valence-corrected chi connectivity index (χ2v) is 3.57. The zero-order valence-corrected chi connectivity index (χ0v) is 7.47. The summed E-state index contributed by atoms with van der Waals surface area (Å²) in [6.07, 6.45) is 4.15. The van der Waals surface area contributed by atoms with Gasteiger partial charge in [0.1, 0.15) is 0 Å². The second kappa shape index (κ2) is 2.90. The van der Waals surface area contributed by atoms with Crippen LogP contribution in [0, 0.1) is 5.21 Å². The van der Waals surface area contributed by atoms with E-state index in [0.717, 1.165) is 0 Å². The van der Waals surface area contributed by atoms with E-state index in [0.29, 0.717) is 5.28 Å². The third-order valence-electron chi connectivity index (χ3n) is 2.63. The maximum Gasteiger partial charge on any atom is 0.0610 e. The maximum atomic E-state index is 11.0. The smallest absolute Gasteiger partial charge is 0.0610 e. The van der Waals surface area contributed by atoms with Crippen molar-refractivity contribution in [2.75, 3.05) is 0 Å². The number of fused-ring (bicyclic) bond motifs is 2. The van der Waals surface area contributed by atoms with E-state index in [-0.39, 0.29) is 12.1 Å². The Labute approximate surface area is 81.0 Å². The molecule has 1 aromatic rings. The van der Waals surface area contributed by atoms with E-state index in [1.165, 1.54) is 10.4 Å². The summed E-state index contributed by atoms with van der Waals surface area (Å²) in [6, 6.07) is 8.25. The van der Waals surface area contributed by atoms with Crippen LogP contribution >= 0.6 is 0 Å². The van der Waals surface area contributed by atoms with Crippen LogP contribution in [-0.2, 0) is 0 Å². The molecule has 4 nitrogen and oxygen atoms in total. The monoisotopic (exact) mass is 188 g/mol. The van der Waals surface area contributed by atoms with Gasteiger partial charge in [0.25, 0.3) is 0 Å². The van der Waals surface area contributed by atoms with Crippen LogP contribution in [0.1, 0.15) is 0 Å². The normalized spacial score (nSPS) is 30.1. The molecule has 2 aliphatic rings. The van der Waals surface area contributed by atoms with Crippen LogP contribution in [0.15, 0.2) is 24.3 Å². The molecule has 0 saturated carbocycles. The van der Waals surface area contributed by atoms with E-state index in [4.69, 9.17) is 0 Å². The quantitative estimate of drug-likeness (QED) is 0.538. The van der Waals surface area contributed by atoms with E-state index < -0.39 is 0 Å². The second-order valence-electron chi connectivity index (χ2n) is 3.57. The lowest BCUT2D eigenvalue weighted by Crippen LogP contribution is -2.41. The van der Waals surface area contributed by atoms with Crippen molar-refractivity contribution < 1.29 is 0 Å². The molecular weight excluding hydrogens is 178 g/mol. The molecule has 1 aromatic carbocycles. The average Bonchev–Trinajstić information content (AvgIpc) is 2.53. The summed E-state index contributed by atoms with van der Waals surface area (Å²) in [5, 5.41) is 14.0. The lowest BCUT2D eigenvalue weighted by molar-refractivity contribution is 0.265. The first-order valence-electron chi connectivity index (χ1n) is 4.61. The van der Waals surface area contributed by atoms with Crippen LogP contribution in [0.25, 0.3) is 12.2 Å². The summed E-state index contributed by atoms with van der Waals surface area (Å²) in [7, 11) is 0. The van der Waals surface area contributed by atoms with Crippen molar-refractivity contribution in [3.8, 4) is 0 Å². The molecule has 3 rings (SSSR count). The Bertz CT molecular complexity index is 428. The first-order valence-corrected chi connectivity index (χ1v) is 4.61. The first kappa shape index (κ1) is 8.14. The van der Waals surface area contributed by atoms with Crippen molar-refractivity contribution in [2.24, 2.45) is 0 Å². The molecule has 0 spiro atoms. The van der Waals surface area contributed by atoms with Crippen LogP contribution in [0.5, 0.6) is 0 Å². The number of hydrogen-bond donors (Lipinski definition) is 2. The largest absolute Gasteiger partial charge is 0.758 e. The fourth-order valence-corrected chi connectivity index (χ4v) is 1.95. The van der Waals surface area contributed by atoms with Crippen molar-refractivity contribution in [1.29, 1.82) is 0 Å². The van der Waals surface area contributed by atoms with Gasteiger partial charge in [0.15, 0.2) is 0 Å². The Balaban J connectivity index is 2.15. The minimum Gasteiger partial charge on any atom is -0.758 e. The van der Waals surface area contributed by atoms with E-state index in [1.54, 1.807) is 0 Å². The van der Waals surface area contributed by atoms with Crippen molar-refractivity contribution in [1.82, 2.24) is 16.1 Å². The zero-order valence-electron chi connectivity index (χ0n) is 7.47. The van der Waals surface area contributed by atoms with E-state index in [9.17, 15) is 5.21 Å². The minimum absolute atomic E-state index is 0.0717.